The molecule has 2 aliphatic rings. The molecule has 2 aliphatic heterocycles. The molecule has 2 aromatic carbocycles. The zero-order chi connectivity index (χ0) is 20.2. The molecule has 2 aromatic rings. The van der Waals surface area contributed by atoms with Crippen LogP contribution in [-0.2, 0) is 11.2 Å². The molecular weight excluding hydrogens is 362 g/mol. The third-order valence-electron chi connectivity index (χ3n) is 6.19. The summed E-state index contributed by atoms with van der Waals surface area (Å²) in [4.78, 5) is 19.6. The quantitative estimate of drug-likeness (QED) is 0.779. The topological polar surface area (TPSA) is 36.0 Å². The highest BCUT2D eigenvalue weighted by Crippen LogP contribution is 2.30. The van der Waals surface area contributed by atoms with Gasteiger partial charge in [0.15, 0.2) is 0 Å². The number of rotatable bonds is 5. The van der Waals surface area contributed by atoms with Gasteiger partial charge in [0.05, 0.1) is 7.11 Å². The van der Waals surface area contributed by atoms with Crippen LogP contribution in [-0.4, -0.2) is 57.2 Å². The van der Waals surface area contributed by atoms with Crippen LogP contribution in [0, 0.1) is 6.92 Å². The number of carbonyl (C=O) groups is 1. The van der Waals surface area contributed by atoms with Gasteiger partial charge in [-0.2, -0.15) is 0 Å². The predicted octanol–water partition coefficient (Wildman–Crippen LogP) is 3.50. The van der Waals surface area contributed by atoms with Gasteiger partial charge < -0.3 is 19.4 Å². The molecule has 0 N–H and O–H groups in total. The van der Waals surface area contributed by atoms with E-state index in [1.54, 1.807) is 7.11 Å². The van der Waals surface area contributed by atoms with Crippen molar-refractivity contribution in [3.05, 3.63) is 53.6 Å². The van der Waals surface area contributed by atoms with E-state index >= 15 is 0 Å². The summed E-state index contributed by atoms with van der Waals surface area (Å²) in [6, 6.07) is 14.8. The number of amides is 1. The van der Waals surface area contributed by atoms with Gasteiger partial charge >= 0.3 is 0 Å². The number of hydrogen-bond acceptors (Lipinski definition) is 4. The molecule has 5 nitrogen and oxygen atoms in total. The second-order valence-electron chi connectivity index (χ2n) is 7.99. The fourth-order valence-corrected chi connectivity index (χ4v) is 4.51. The summed E-state index contributed by atoms with van der Waals surface area (Å²) < 4.78 is 5.36. The second kappa shape index (κ2) is 8.76. The van der Waals surface area contributed by atoms with Crippen LogP contribution in [0.4, 0.5) is 11.4 Å². The number of anilines is 2. The van der Waals surface area contributed by atoms with Crippen molar-refractivity contribution in [3.8, 4) is 5.75 Å². The van der Waals surface area contributed by atoms with E-state index in [1.165, 1.54) is 22.5 Å². The Bertz CT molecular complexity index is 859. The van der Waals surface area contributed by atoms with Gasteiger partial charge in [-0.25, -0.2) is 0 Å². The van der Waals surface area contributed by atoms with Gasteiger partial charge in [-0.1, -0.05) is 18.2 Å². The summed E-state index contributed by atoms with van der Waals surface area (Å²) in [5, 5.41) is 0. The van der Waals surface area contributed by atoms with Crippen molar-refractivity contribution in [2.45, 2.75) is 26.2 Å². The molecule has 0 atom stereocenters. The molecule has 154 valence electrons. The Hall–Kier alpha value is -2.69. The van der Waals surface area contributed by atoms with Crippen molar-refractivity contribution >= 4 is 17.3 Å². The van der Waals surface area contributed by atoms with Gasteiger partial charge in [0.2, 0.25) is 5.91 Å². The fraction of sp³-hybridized carbons (Fsp3) is 0.458. The molecule has 0 saturated carbocycles. The highest BCUT2D eigenvalue weighted by molar-refractivity contribution is 5.77. The van der Waals surface area contributed by atoms with Crippen molar-refractivity contribution in [3.63, 3.8) is 0 Å². The van der Waals surface area contributed by atoms with Crippen LogP contribution in [0.3, 0.4) is 0 Å². The minimum atomic E-state index is 0.273. The van der Waals surface area contributed by atoms with Gasteiger partial charge in [0.25, 0.3) is 0 Å². The molecule has 2 heterocycles. The SMILES string of the molecule is COc1ccc2c(c1)CCCN2CCC(=O)N1CCN(c2ccccc2C)CC1. The van der Waals surface area contributed by atoms with Crippen molar-refractivity contribution < 1.29 is 9.53 Å². The molecular formula is C24H31N3O2. The Morgan fingerprint density at radius 1 is 1.00 bits per heavy atom. The summed E-state index contributed by atoms with van der Waals surface area (Å²) in [7, 11) is 1.71. The lowest BCUT2D eigenvalue weighted by atomic mass is 10.0. The largest absolute Gasteiger partial charge is 0.497 e. The summed E-state index contributed by atoms with van der Waals surface area (Å²) in [5.74, 6) is 1.18. The number of ether oxygens (including phenoxy) is 1. The van der Waals surface area contributed by atoms with E-state index in [0.29, 0.717) is 6.42 Å². The number of methoxy groups -OCH3 is 1. The van der Waals surface area contributed by atoms with Crippen LogP contribution in [0.25, 0.3) is 0 Å². The number of piperazine rings is 1. The normalized spacial score (nSPS) is 16.6. The van der Waals surface area contributed by atoms with Gasteiger partial charge in [0.1, 0.15) is 5.75 Å². The molecule has 0 unspecified atom stereocenters. The molecule has 4 rings (SSSR count). The first kappa shape index (κ1) is 19.6. The Balaban J connectivity index is 1.31. The first-order valence-electron chi connectivity index (χ1n) is 10.7. The minimum absolute atomic E-state index is 0.273. The number of benzene rings is 2. The first-order valence-corrected chi connectivity index (χ1v) is 10.7. The molecule has 1 saturated heterocycles. The zero-order valence-corrected chi connectivity index (χ0v) is 17.6. The molecule has 5 heteroatoms. The monoisotopic (exact) mass is 393 g/mol. The highest BCUT2D eigenvalue weighted by Gasteiger charge is 2.23. The van der Waals surface area contributed by atoms with E-state index in [4.69, 9.17) is 4.74 Å². The van der Waals surface area contributed by atoms with Crippen LogP contribution in [0.1, 0.15) is 24.0 Å². The fourth-order valence-electron chi connectivity index (χ4n) is 4.51. The average Bonchev–Trinajstić information content (AvgIpc) is 2.77. The maximum atomic E-state index is 12.8. The standard InChI is InChI=1S/C24H31N3O2/c1-19-6-3-4-8-22(19)26-14-16-27(17-15-26)24(28)11-13-25-12-5-7-20-18-21(29-2)9-10-23(20)25/h3-4,6,8-10,18H,5,7,11-17H2,1-2H3. The number of aryl methyl sites for hydroxylation is 2. The summed E-state index contributed by atoms with van der Waals surface area (Å²) in [6.07, 6.45) is 2.79. The first-order chi connectivity index (χ1) is 14.2. The van der Waals surface area contributed by atoms with Gasteiger partial charge in [-0.05, 0) is 55.2 Å². The van der Waals surface area contributed by atoms with Crippen LogP contribution in [0.5, 0.6) is 5.75 Å². The molecule has 0 spiro atoms. The van der Waals surface area contributed by atoms with Crippen LogP contribution in [0.2, 0.25) is 0 Å². The maximum Gasteiger partial charge on any atom is 0.224 e. The minimum Gasteiger partial charge on any atom is -0.497 e. The van der Waals surface area contributed by atoms with Gasteiger partial charge in [-0.15, -0.1) is 0 Å². The number of nitrogens with zero attached hydrogens (tertiary/aromatic N) is 3. The smallest absolute Gasteiger partial charge is 0.224 e. The predicted molar refractivity (Wildman–Crippen MR) is 118 cm³/mol. The van der Waals surface area contributed by atoms with E-state index in [-0.39, 0.29) is 5.91 Å². The molecule has 0 bridgehead atoms. The lowest BCUT2D eigenvalue weighted by Gasteiger charge is -2.37. The van der Waals surface area contributed by atoms with Crippen LogP contribution >= 0.6 is 0 Å². The maximum absolute atomic E-state index is 12.8. The number of hydrogen-bond donors (Lipinski definition) is 0. The molecule has 29 heavy (non-hydrogen) atoms. The van der Waals surface area contributed by atoms with Gasteiger partial charge in [0, 0.05) is 57.1 Å². The Morgan fingerprint density at radius 2 is 1.79 bits per heavy atom. The number of fused-ring (bicyclic) bond motifs is 1. The van der Waals surface area contributed by atoms with Gasteiger partial charge in [-0.3, -0.25) is 4.79 Å². The van der Waals surface area contributed by atoms with E-state index < -0.39 is 0 Å². The second-order valence-corrected chi connectivity index (χ2v) is 7.99. The zero-order valence-electron chi connectivity index (χ0n) is 17.6. The van der Waals surface area contributed by atoms with Crippen molar-refractivity contribution in [2.24, 2.45) is 0 Å². The van der Waals surface area contributed by atoms with Crippen LogP contribution in [0.15, 0.2) is 42.5 Å². The Labute approximate surface area is 173 Å². The van der Waals surface area contributed by atoms with E-state index in [1.807, 2.05) is 11.0 Å². The lowest BCUT2D eigenvalue weighted by Crippen LogP contribution is -2.49. The molecule has 0 aliphatic carbocycles. The average molecular weight is 394 g/mol. The number of carbonyl (C=O) groups excluding carboxylic acids is 1. The van der Waals surface area contributed by atoms with Crippen molar-refractivity contribution in [1.82, 2.24) is 4.90 Å². The van der Waals surface area contributed by atoms with Crippen molar-refractivity contribution in [2.75, 3.05) is 56.2 Å². The molecule has 0 radical (unpaired) electrons. The third-order valence-corrected chi connectivity index (χ3v) is 6.19. The molecule has 1 fully saturated rings. The molecule has 1 amide bonds. The van der Waals surface area contributed by atoms with E-state index in [9.17, 15) is 4.79 Å². The van der Waals surface area contributed by atoms with E-state index in [2.05, 4.69) is 53.1 Å². The highest BCUT2D eigenvalue weighted by atomic mass is 16.5. The molecule has 0 aromatic heterocycles. The summed E-state index contributed by atoms with van der Waals surface area (Å²) >= 11 is 0. The Morgan fingerprint density at radius 3 is 2.55 bits per heavy atom. The third kappa shape index (κ3) is 4.34. The number of para-hydroxylation sites is 1. The van der Waals surface area contributed by atoms with E-state index in [0.717, 1.165) is 57.9 Å². The van der Waals surface area contributed by atoms with Crippen molar-refractivity contribution in [1.29, 1.82) is 0 Å². The summed E-state index contributed by atoms with van der Waals surface area (Å²) in [5.41, 5.74) is 5.18. The lowest BCUT2D eigenvalue weighted by molar-refractivity contribution is -0.131. The van der Waals surface area contributed by atoms with Crippen LogP contribution < -0.4 is 14.5 Å². The summed E-state index contributed by atoms with van der Waals surface area (Å²) in [6.45, 7) is 7.39. The Kier molecular flexibility index (Phi) is 5.93.